The Morgan fingerprint density at radius 3 is 2.64 bits per heavy atom. The molecule has 3 nitrogen and oxygen atoms in total. The predicted octanol–water partition coefficient (Wildman–Crippen LogP) is 4.91. The minimum atomic E-state index is -1.67. The number of fused-ring (bicyclic) bond motifs is 3. The Balaban J connectivity index is 0.000000277. The monoisotopic (exact) mass is 375 g/mol. The Hall–Kier alpha value is -1.85. The molecule has 0 spiro atoms. The summed E-state index contributed by atoms with van der Waals surface area (Å²) in [6.07, 6.45) is 7.93. The van der Waals surface area contributed by atoms with Crippen molar-refractivity contribution in [2.75, 3.05) is 12.0 Å². The van der Waals surface area contributed by atoms with E-state index in [1.165, 1.54) is 11.3 Å². The number of rotatable bonds is 4. The summed E-state index contributed by atoms with van der Waals surface area (Å²) in [7, 11) is -1.67. The van der Waals surface area contributed by atoms with Gasteiger partial charge in [0.2, 0.25) is 0 Å². The van der Waals surface area contributed by atoms with Crippen LogP contribution in [0.5, 0.6) is 0 Å². The SMILES string of the molecule is C=S(C)(=O)CCC.CC/C=C/c1cccc2[nH]c(=O)c3sccc3c12. The second kappa shape index (κ2) is 8.50. The average molecular weight is 376 g/mol. The van der Waals surface area contributed by atoms with Gasteiger partial charge in [0.1, 0.15) is 4.70 Å². The van der Waals surface area contributed by atoms with Crippen LogP contribution in [0.2, 0.25) is 0 Å². The second-order valence-electron chi connectivity index (χ2n) is 6.09. The number of hydrogen-bond acceptors (Lipinski definition) is 3. The van der Waals surface area contributed by atoms with Gasteiger partial charge in [-0.2, -0.15) is 0 Å². The van der Waals surface area contributed by atoms with Crippen molar-refractivity contribution in [3.63, 3.8) is 0 Å². The van der Waals surface area contributed by atoms with Gasteiger partial charge in [0.05, 0.1) is 0 Å². The summed E-state index contributed by atoms with van der Waals surface area (Å²) < 4.78 is 11.5. The summed E-state index contributed by atoms with van der Waals surface area (Å²) in [5.74, 6) is 4.24. The molecule has 5 heteroatoms. The molecule has 0 saturated heterocycles. The summed E-state index contributed by atoms with van der Waals surface area (Å²) >= 11 is 1.49. The van der Waals surface area contributed by atoms with Crippen molar-refractivity contribution >= 4 is 53.8 Å². The summed E-state index contributed by atoms with van der Waals surface area (Å²) in [6, 6.07) is 8.05. The number of H-pyrrole nitrogens is 1. The fraction of sp³-hybridized carbons (Fsp3) is 0.300. The highest BCUT2D eigenvalue weighted by atomic mass is 32.2. The topological polar surface area (TPSA) is 49.9 Å². The van der Waals surface area contributed by atoms with E-state index >= 15 is 0 Å². The minimum Gasteiger partial charge on any atom is -0.321 e. The lowest BCUT2D eigenvalue weighted by Gasteiger charge is -2.04. The summed E-state index contributed by atoms with van der Waals surface area (Å²) in [6.45, 7) is 4.12. The lowest BCUT2D eigenvalue weighted by Crippen LogP contribution is -2.04. The smallest absolute Gasteiger partial charge is 0.266 e. The molecule has 1 N–H and O–H groups in total. The Morgan fingerprint density at radius 1 is 1.28 bits per heavy atom. The molecule has 0 bridgehead atoms. The highest BCUT2D eigenvalue weighted by Crippen LogP contribution is 2.28. The molecule has 0 fully saturated rings. The molecule has 0 aliphatic rings. The molecule has 0 radical (unpaired) electrons. The number of aromatic amines is 1. The van der Waals surface area contributed by atoms with E-state index < -0.39 is 9.52 Å². The standard InChI is InChI=1S/C15H13NOS.C5H12OS/c1-2-3-5-10-6-4-7-12-13(10)11-8-9-18-14(11)15(17)16-12;1-4-5-7(2,3)6/h3-9H,2H2,1H3,(H,16,17);2,4-5H2,1,3H3/b5-3+;. The number of aromatic nitrogens is 1. The molecule has 25 heavy (non-hydrogen) atoms. The van der Waals surface area contributed by atoms with Crippen LogP contribution < -0.4 is 5.56 Å². The highest BCUT2D eigenvalue weighted by Gasteiger charge is 2.08. The van der Waals surface area contributed by atoms with E-state index in [1.54, 1.807) is 6.26 Å². The van der Waals surface area contributed by atoms with E-state index in [0.29, 0.717) is 0 Å². The largest absolute Gasteiger partial charge is 0.321 e. The van der Waals surface area contributed by atoms with Gasteiger partial charge in [0.25, 0.3) is 5.56 Å². The molecule has 0 amide bonds. The fourth-order valence-corrected chi connectivity index (χ4v) is 4.31. The van der Waals surface area contributed by atoms with Crippen LogP contribution in [0, 0.1) is 0 Å². The molecule has 1 aromatic carbocycles. The Labute approximate surface area is 153 Å². The van der Waals surface area contributed by atoms with Gasteiger partial charge < -0.3 is 4.98 Å². The Morgan fingerprint density at radius 2 is 2.04 bits per heavy atom. The Kier molecular flexibility index (Phi) is 6.62. The van der Waals surface area contributed by atoms with Gasteiger partial charge in [0.15, 0.2) is 0 Å². The van der Waals surface area contributed by atoms with Gasteiger partial charge in [-0.3, -0.25) is 9.00 Å². The first kappa shape index (κ1) is 19.5. The maximum Gasteiger partial charge on any atom is 0.266 e. The van der Waals surface area contributed by atoms with Gasteiger partial charge in [0, 0.05) is 28.3 Å². The van der Waals surface area contributed by atoms with Crippen molar-refractivity contribution in [2.45, 2.75) is 26.7 Å². The van der Waals surface area contributed by atoms with E-state index in [0.717, 1.165) is 45.1 Å². The van der Waals surface area contributed by atoms with E-state index in [4.69, 9.17) is 0 Å². The van der Waals surface area contributed by atoms with E-state index in [1.807, 2.05) is 30.5 Å². The zero-order valence-electron chi connectivity index (χ0n) is 15.0. The van der Waals surface area contributed by atoms with Crippen LogP contribution in [0.15, 0.2) is 40.5 Å². The number of pyridine rings is 1. The summed E-state index contributed by atoms with van der Waals surface area (Å²) in [4.78, 5) is 14.9. The highest BCUT2D eigenvalue weighted by molar-refractivity contribution is 7.99. The van der Waals surface area contributed by atoms with Crippen molar-refractivity contribution in [1.82, 2.24) is 4.98 Å². The third kappa shape index (κ3) is 5.06. The number of allylic oxidation sites excluding steroid dienone is 1. The molecular weight excluding hydrogens is 350 g/mol. The van der Waals surface area contributed by atoms with Gasteiger partial charge >= 0.3 is 0 Å². The first-order valence-electron chi connectivity index (χ1n) is 8.36. The number of thiophene rings is 1. The molecule has 1 atom stereocenters. The number of hydrogen-bond donors (Lipinski definition) is 1. The zero-order chi connectivity index (χ0) is 18.4. The first-order chi connectivity index (χ1) is 11.9. The molecule has 2 aromatic heterocycles. The third-order valence-corrected chi connectivity index (χ3v) is 5.84. The van der Waals surface area contributed by atoms with Crippen molar-refractivity contribution in [3.05, 3.63) is 51.6 Å². The zero-order valence-corrected chi connectivity index (χ0v) is 16.6. The molecular formula is C20H25NO2S2. The van der Waals surface area contributed by atoms with Crippen LogP contribution >= 0.6 is 11.3 Å². The molecule has 2 heterocycles. The van der Waals surface area contributed by atoms with Crippen LogP contribution in [0.3, 0.4) is 0 Å². The number of nitrogens with one attached hydrogen (secondary N) is 1. The third-order valence-electron chi connectivity index (χ3n) is 3.65. The minimum absolute atomic E-state index is 0.00382. The maximum absolute atomic E-state index is 11.9. The lowest BCUT2D eigenvalue weighted by atomic mass is 10.0. The average Bonchev–Trinajstić information content (AvgIpc) is 3.02. The van der Waals surface area contributed by atoms with Gasteiger partial charge in [-0.1, -0.05) is 38.1 Å². The van der Waals surface area contributed by atoms with Crippen molar-refractivity contribution in [1.29, 1.82) is 0 Å². The predicted molar refractivity (Wildman–Crippen MR) is 116 cm³/mol. The van der Waals surface area contributed by atoms with Gasteiger partial charge in [-0.25, -0.2) is 0 Å². The van der Waals surface area contributed by atoms with Crippen LogP contribution in [0.1, 0.15) is 32.3 Å². The fourth-order valence-electron chi connectivity index (χ4n) is 2.65. The molecule has 134 valence electrons. The normalized spacial score (nSPS) is 13.7. The molecule has 0 aliphatic heterocycles. The molecule has 0 aliphatic carbocycles. The van der Waals surface area contributed by atoms with Gasteiger partial charge in [-0.15, -0.1) is 11.3 Å². The molecule has 3 rings (SSSR count). The Bertz CT molecular complexity index is 1040. The summed E-state index contributed by atoms with van der Waals surface area (Å²) in [5, 5.41) is 4.16. The molecule has 1 unspecified atom stereocenters. The van der Waals surface area contributed by atoms with Crippen LogP contribution in [-0.2, 0) is 9.52 Å². The lowest BCUT2D eigenvalue weighted by molar-refractivity contribution is 0.683. The van der Waals surface area contributed by atoms with Crippen LogP contribution in [0.25, 0.3) is 27.1 Å². The van der Waals surface area contributed by atoms with Crippen molar-refractivity contribution in [2.24, 2.45) is 0 Å². The second-order valence-corrected chi connectivity index (χ2v) is 9.78. The molecule has 3 aromatic rings. The van der Waals surface area contributed by atoms with E-state index in [2.05, 4.69) is 36.0 Å². The quantitative estimate of drug-likeness (QED) is 0.659. The maximum atomic E-state index is 11.9. The molecule has 0 saturated carbocycles. The summed E-state index contributed by atoms with van der Waals surface area (Å²) in [5.41, 5.74) is 2.07. The van der Waals surface area contributed by atoms with E-state index in [9.17, 15) is 9.00 Å². The number of benzene rings is 1. The van der Waals surface area contributed by atoms with E-state index in [-0.39, 0.29) is 5.56 Å². The first-order valence-corrected chi connectivity index (χ1v) is 11.5. The van der Waals surface area contributed by atoms with Crippen LogP contribution in [-0.4, -0.2) is 27.1 Å². The van der Waals surface area contributed by atoms with Crippen molar-refractivity contribution < 1.29 is 4.21 Å². The van der Waals surface area contributed by atoms with Gasteiger partial charge in [-0.05, 0) is 51.3 Å². The van der Waals surface area contributed by atoms with Crippen LogP contribution in [0.4, 0.5) is 0 Å². The van der Waals surface area contributed by atoms with Crippen molar-refractivity contribution in [3.8, 4) is 0 Å².